The molecule has 240 valence electrons. The highest BCUT2D eigenvalue weighted by molar-refractivity contribution is 7.07. The minimum atomic E-state index is -4.49. The Labute approximate surface area is 267 Å². The minimum Gasteiger partial charge on any atom is -0.496 e. The molecule has 0 saturated carbocycles. The lowest BCUT2D eigenvalue weighted by molar-refractivity contribution is -0.139. The molecule has 0 N–H and O–H groups in total. The molecule has 1 unspecified atom stereocenters. The average Bonchev–Trinajstić information content (AvgIpc) is 3.32. The number of hydrogen-bond donors (Lipinski definition) is 0. The van der Waals surface area contributed by atoms with Crippen LogP contribution in [-0.2, 0) is 22.3 Å². The van der Waals surface area contributed by atoms with Gasteiger partial charge in [0.15, 0.2) is 4.80 Å². The Morgan fingerprint density at radius 2 is 1.83 bits per heavy atom. The molecule has 0 radical (unpaired) electrons. The van der Waals surface area contributed by atoms with E-state index in [9.17, 15) is 22.8 Å². The van der Waals surface area contributed by atoms with Gasteiger partial charge in [0.2, 0.25) is 0 Å². The topological polar surface area (TPSA) is 82.4 Å². The summed E-state index contributed by atoms with van der Waals surface area (Å²) < 4.78 is 57.9. The van der Waals surface area contributed by atoms with Gasteiger partial charge in [0, 0.05) is 25.3 Å². The number of rotatable bonds is 9. The van der Waals surface area contributed by atoms with Crippen molar-refractivity contribution in [1.29, 1.82) is 0 Å². The number of methoxy groups -OCH3 is 1. The molecule has 0 bridgehead atoms. The maximum atomic E-state index is 14.0. The average molecular weight is 652 g/mol. The van der Waals surface area contributed by atoms with Crippen molar-refractivity contribution in [2.45, 2.75) is 32.7 Å². The van der Waals surface area contributed by atoms with E-state index in [1.807, 2.05) is 43.3 Å². The summed E-state index contributed by atoms with van der Waals surface area (Å²) in [6, 6.07) is 16.7. The van der Waals surface area contributed by atoms with Crippen molar-refractivity contribution in [3.63, 3.8) is 0 Å². The summed E-state index contributed by atoms with van der Waals surface area (Å²) in [6.45, 7) is 3.55. The summed E-state index contributed by atoms with van der Waals surface area (Å²) in [7, 11) is 5.33. The van der Waals surface area contributed by atoms with Crippen LogP contribution in [0.3, 0.4) is 0 Å². The van der Waals surface area contributed by atoms with Crippen molar-refractivity contribution in [3.8, 4) is 11.5 Å². The summed E-state index contributed by atoms with van der Waals surface area (Å²) in [5.41, 5.74) is 2.51. The Morgan fingerprint density at radius 3 is 2.48 bits per heavy atom. The third-order valence-electron chi connectivity index (χ3n) is 7.40. The predicted molar refractivity (Wildman–Crippen MR) is 170 cm³/mol. The van der Waals surface area contributed by atoms with Gasteiger partial charge >= 0.3 is 12.1 Å². The SMILES string of the molecule is CCOC(=O)C1=C(C)N=c2sc(=Cc3ccc(OC)c(COc4cccc(C(F)(F)F)c4)c3)c(=O)n2C1c1ccc(N(C)C)cc1. The van der Waals surface area contributed by atoms with Crippen molar-refractivity contribution >= 4 is 29.1 Å². The van der Waals surface area contributed by atoms with Crippen LogP contribution >= 0.6 is 11.3 Å². The van der Waals surface area contributed by atoms with E-state index in [-0.39, 0.29) is 30.1 Å². The van der Waals surface area contributed by atoms with Crippen LogP contribution in [0.2, 0.25) is 0 Å². The zero-order valence-electron chi connectivity index (χ0n) is 25.8. The number of esters is 1. The lowest BCUT2D eigenvalue weighted by Gasteiger charge is -2.25. The number of carbonyl (C=O) groups excluding carboxylic acids is 1. The van der Waals surface area contributed by atoms with Crippen LogP contribution in [0.5, 0.6) is 11.5 Å². The van der Waals surface area contributed by atoms with E-state index in [2.05, 4.69) is 4.99 Å². The van der Waals surface area contributed by atoms with Gasteiger partial charge in [0.1, 0.15) is 18.1 Å². The van der Waals surface area contributed by atoms with Crippen LogP contribution in [0.15, 0.2) is 87.8 Å². The minimum absolute atomic E-state index is 0.0574. The number of thiazole rings is 1. The Balaban J connectivity index is 1.55. The molecule has 12 heteroatoms. The molecule has 0 saturated heterocycles. The summed E-state index contributed by atoms with van der Waals surface area (Å²) in [5.74, 6) is -0.0104. The van der Waals surface area contributed by atoms with Gasteiger partial charge in [0.25, 0.3) is 5.56 Å². The second-order valence-electron chi connectivity index (χ2n) is 10.7. The number of ether oxygens (including phenoxy) is 3. The maximum absolute atomic E-state index is 14.0. The second kappa shape index (κ2) is 13.3. The van der Waals surface area contributed by atoms with E-state index in [0.29, 0.717) is 31.9 Å². The van der Waals surface area contributed by atoms with Crippen LogP contribution in [0.1, 0.15) is 42.1 Å². The summed E-state index contributed by atoms with van der Waals surface area (Å²) >= 11 is 1.19. The van der Waals surface area contributed by atoms with E-state index in [0.717, 1.165) is 23.4 Å². The number of alkyl halides is 3. The third-order valence-corrected chi connectivity index (χ3v) is 8.38. The number of fused-ring (bicyclic) bond motifs is 1. The highest BCUT2D eigenvalue weighted by Gasteiger charge is 2.33. The lowest BCUT2D eigenvalue weighted by Crippen LogP contribution is -2.39. The van der Waals surface area contributed by atoms with E-state index in [1.54, 1.807) is 38.1 Å². The Bertz CT molecular complexity index is 1980. The van der Waals surface area contributed by atoms with Crippen LogP contribution < -0.4 is 29.3 Å². The molecule has 1 atom stereocenters. The molecule has 4 aromatic rings. The molecule has 1 aromatic heterocycles. The number of hydrogen-bond acceptors (Lipinski definition) is 8. The first-order valence-electron chi connectivity index (χ1n) is 14.3. The second-order valence-corrected chi connectivity index (χ2v) is 11.7. The van der Waals surface area contributed by atoms with Gasteiger partial charge in [-0.15, -0.1) is 0 Å². The fourth-order valence-electron chi connectivity index (χ4n) is 5.14. The van der Waals surface area contributed by atoms with Gasteiger partial charge in [-0.25, -0.2) is 9.79 Å². The molecule has 5 rings (SSSR count). The molecule has 8 nitrogen and oxygen atoms in total. The van der Waals surface area contributed by atoms with E-state index >= 15 is 0 Å². The van der Waals surface area contributed by atoms with Gasteiger partial charge in [-0.3, -0.25) is 9.36 Å². The normalized spacial score (nSPS) is 14.9. The summed E-state index contributed by atoms with van der Waals surface area (Å²) in [6.07, 6.45) is -2.79. The van der Waals surface area contributed by atoms with Crippen LogP contribution in [0, 0.1) is 0 Å². The van der Waals surface area contributed by atoms with Gasteiger partial charge in [0.05, 0.1) is 41.1 Å². The van der Waals surface area contributed by atoms with Crippen LogP contribution in [-0.4, -0.2) is 38.3 Å². The highest BCUT2D eigenvalue weighted by atomic mass is 32.1. The largest absolute Gasteiger partial charge is 0.496 e. The molecule has 0 amide bonds. The monoisotopic (exact) mass is 651 g/mol. The van der Waals surface area contributed by atoms with Crippen molar-refractivity contribution < 1.29 is 32.2 Å². The van der Waals surface area contributed by atoms with E-state index in [1.165, 1.54) is 35.1 Å². The molecule has 0 fully saturated rings. The Hall–Kier alpha value is -4.84. The molecule has 1 aliphatic heterocycles. The van der Waals surface area contributed by atoms with Crippen LogP contribution in [0.4, 0.5) is 18.9 Å². The number of aromatic nitrogens is 1. The third kappa shape index (κ3) is 6.71. The fraction of sp³-hybridized carbons (Fsp3) is 0.265. The number of allylic oxidation sites excluding steroid dienone is 1. The van der Waals surface area contributed by atoms with Gasteiger partial charge in [-0.2, -0.15) is 13.2 Å². The van der Waals surface area contributed by atoms with Crippen molar-refractivity contribution in [1.82, 2.24) is 4.57 Å². The molecule has 46 heavy (non-hydrogen) atoms. The molecule has 1 aliphatic rings. The van der Waals surface area contributed by atoms with Crippen molar-refractivity contribution in [2.24, 2.45) is 4.99 Å². The van der Waals surface area contributed by atoms with Crippen molar-refractivity contribution in [3.05, 3.63) is 120 Å². The first-order chi connectivity index (χ1) is 21.9. The summed E-state index contributed by atoms with van der Waals surface area (Å²) in [4.78, 5) is 34.2. The highest BCUT2D eigenvalue weighted by Crippen LogP contribution is 2.33. The molecule has 2 heterocycles. The maximum Gasteiger partial charge on any atom is 0.416 e. The van der Waals surface area contributed by atoms with E-state index < -0.39 is 23.8 Å². The van der Waals surface area contributed by atoms with Crippen molar-refractivity contribution in [2.75, 3.05) is 32.7 Å². The number of nitrogens with zero attached hydrogens (tertiary/aromatic N) is 3. The van der Waals surface area contributed by atoms with E-state index in [4.69, 9.17) is 14.2 Å². The summed E-state index contributed by atoms with van der Waals surface area (Å²) in [5, 5.41) is 0. The zero-order valence-corrected chi connectivity index (χ0v) is 26.7. The lowest BCUT2D eigenvalue weighted by atomic mass is 9.95. The molecule has 0 aliphatic carbocycles. The quantitative estimate of drug-likeness (QED) is 0.224. The standard InChI is InChI=1S/C34H32F3N3O5S/c1-6-44-32(42)29-20(2)38-33-40(30(29)22-11-13-25(14-12-22)39(3)4)31(41)28(46-33)17-21-10-15-27(43-5)23(16-21)19-45-26-9-7-8-24(18-26)34(35,36)37/h7-18,30H,6,19H2,1-5H3. The molecular formula is C34H32F3N3O5S. The Kier molecular flexibility index (Phi) is 9.38. The van der Waals surface area contributed by atoms with Gasteiger partial charge in [-0.1, -0.05) is 35.6 Å². The number of halogens is 3. The first kappa shape index (κ1) is 32.6. The number of benzene rings is 3. The number of anilines is 1. The Morgan fingerprint density at radius 1 is 1.09 bits per heavy atom. The molecule has 3 aromatic carbocycles. The van der Waals surface area contributed by atoms with Gasteiger partial charge in [-0.05, 0) is 73.5 Å². The fourth-order valence-corrected chi connectivity index (χ4v) is 6.18. The smallest absolute Gasteiger partial charge is 0.416 e. The first-order valence-corrected chi connectivity index (χ1v) is 15.2. The molecule has 0 spiro atoms. The zero-order chi connectivity index (χ0) is 33.2. The molecular weight excluding hydrogens is 619 g/mol. The van der Waals surface area contributed by atoms with Gasteiger partial charge < -0.3 is 19.1 Å². The predicted octanol–water partition coefficient (Wildman–Crippen LogP) is 5.47. The number of carbonyl (C=O) groups is 1. The van der Waals surface area contributed by atoms with Crippen LogP contribution in [0.25, 0.3) is 6.08 Å².